The predicted molar refractivity (Wildman–Crippen MR) is 77.1 cm³/mol. The lowest BCUT2D eigenvalue weighted by atomic mass is 10.1. The van der Waals surface area contributed by atoms with Crippen LogP contribution < -0.4 is 5.32 Å². The SMILES string of the molecule is C#CCN(CC)CCCCCCNCC(C)C. The third kappa shape index (κ3) is 11.7. The van der Waals surface area contributed by atoms with Crippen molar-refractivity contribution in [1.82, 2.24) is 10.2 Å². The first-order chi connectivity index (χ1) is 8.20. The molecule has 2 nitrogen and oxygen atoms in total. The summed E-state index contributed by atoms with van der Waals surface area (Å²) in [4.78, 5) is 2.33. The Morgan fingerprint density at radius 2 is 1.88 bits per heavy atom. The summed E-state index contributed by atoms with van der Waals surface area (Å²) >= 11 is 0. The maximum Gasteiger partial charge on any atom is 0.0598 e. The van der Waals surface area contributed by atoms with Gasteiger partial charge in [-0.15, -0.1) is 6.42 Å². The van der Waals surface area contributed by atoms with E-state index in [0.29, 0.717) is 0 Å². The summed E-state index contributed by atoms with van der Waals surface area (Å²) in [5, 5.41) is 3.48. The van der Waals surface area contributed by atoms with Gasteiger partial charge in [-0.1, -0.05) is 39.5 Å². The molecule has 0 fully saturated rings. The Kier molecular flexibility index (Phi) is 11.6. The Hall–Kier alpha value is -0.520. The van der Waals surface area contributed by atoms with Crippen LogP contribution in [0.15, 0.2) is 0 Å². The van der Waals surface area contributed by atoms with Crippen LogP contribution in [-0.2, 0) is 0 Å². The Morgan fingerprint density at radius 3 is 2.47 bits per heavy atom. The summed E-state index contributed by atoms with van der Waals surface area (Å²) in [6.07, 6.45) is 10.5. The fourth-order valence-electron chi connectivity index (χ4n) is 1.81. The molecule has 0 atom stereocenters. The van der Waals surface area contributed by atoms with Crippen LogP contribution in [0.25, 0.3) is 0 Å². The molecule has 0 amide bonds. The molecule has 0 rings (SSSR count). The van der Waals surface area contributed by atoms with E-state index in [1.54, 1.807) is 0 Å². The van der Waals surface area contributed by atoms with Gasteiger partial charge in [-0.05, 0) is 44.9 Å². The number of hydrogen-bond acceptors (Lipinski definition) is 2. The number of nitrogens with one attached hydrogen (secondary N) is 1. The van der Waals surface area contributed by atoms with Crippen molar-refractivity contribution >= 4 is 0 Å². The molecule has 17 heavy (non-hydrogen) atoms. The highest BCUT2D eigenvalue weighted by Gasteiger charge is 1.99. The molecule has 0 radical (unpaired) electrons. The normalized spacial score (nSPS) is 11.1. The summed E-state index contributed by atoms with van der Waals surface area (Å²) in [7, 11) is 0. The van der Waals surface area contributed by atoms with Crippen LogP contribution in [0, 0.1) is 18.3 Å². The third-order valence-electron chi connectivity index (χ3n) is 2.89. The van der Waals surface area contributed by atoms with Gasteiger partial charge in [0.25, 0.3) is 0 Å². The molecule has 100 valence electrons. The number of unbranched alkanes of at least 4 members (excludes halogenated alkanes) is 3. The van der Waals surface area contributed by atoms with Crippen molar-refractivity contribution in [3.63, 3.8) is 0 Å². The zero-order chi connectivity index (χ0) is 12.9. The van der Waals surface area contributed by atoms with Gasteiger partial charge in [0.1, 0.15) is 0 Å². The maximum absolute atomic E-state index is 5.31. The first kappa shape index (κ1) is 16.5. The highest BCUT2D eigenvalue weighted by Crippen LogP contribution is 2.01. The molecular weight excluding hydrogens is 208 g/mol. The molecule has 0 spiro atoms. The molecule has 0 saturated heterocycles. The van der Waals surface area contributed by atoms with Gasteiger partial charge in [-0.25, -0.2) is 0 Å². The summed E-state index contributed by atoms with van der Waals surface area (Å²) in [5.74, 6) is 3.47. The number of hydrogen-bond donors (Lipinski definition) is 1. The summed E-state index contributed by atoms with van der Waals surface area (Å²) in [6.45, 7) is 12.0. The second kappa shape index (κ2) is 12.0. The van der Waals surface area contributed by atoms with Crippen molar-refractivity contribution in [3.8, 4) is 12.3 Å². The van der Waals surface area contributed by atoms with Crippen LogP contribution in [0.2, 0.25) is 0 Å². The molecule has 0 saturated carbocycles. The van der Waals surface area contributed by atoms with E-state index < -0.39 is 0 Å². The highest BCUT2D eigenvalue weighted by molar-refractivity contribution is 4.87. The van der Waals surface area contributed by atoms with Gasteiger partial charge in [0, 0.05) is 0 Å². The summed E-state index contributed by atoms with van der Waals surface area (Å²) in [6, 6.07) is 0. The van der Waals surface area contributed by atoms with Gasteiger partial charge in [-0.3, -0.25) is 4.90 Å². The van der Waals surface area contributed by atoms with E-state index in [-0.39, 0.29) is 0 Å². The molecule has 0 aliphatic rings. The monoisotopic (exact) mass is 238 g/mol. The molecule has 0 heterocycles. The molecule has 1 N–H and O–H groups in total. The standard InChI is InChI=1S/C15H30N2/c1-5-12-17(6-2)13-10-8-7-9-11-16-14-15(3)4/h1,15-16H,6-14H2,2-4H3. The van der Waals surface area contributed by atoms with Crippen molar-refractivity contribution in [2.75, 3.05) is 32.7 Å². The second-order valence-corrected chi connectivity index (χ2v) is 5.09. The zero-order valence-electron chi connectivity index (χ0n) is 12.0. The third-order valence-corrected chi connectivity index (χ3v) is 2.89. The van der Waals surface area contributed by atoms with Crippen LogP contribution in [-0.4, -0.2) is 37.6 Å². The summed E-state index contributed by atoms with van der Waals surface area (Å²) < 4.78 is 0. The van der Waals surface area contributed by atoms with E-state index in [0.717, 1.165) is 32.1 Å². The lowest BCUT2D eigenvalue weighted by Crippen LogP contribution is -2.24. The first-order valence-corrected chi connectivity index (χ1v) is 7.07. The van der Waals surface area contributed by atoms with Gasteiger partial charge >= 0.3 is 0 Å². The van der Waals surface area contributed by atoms with Gasteiger partial charge in [0.2, 0.25) is 0 Å². The van der Waals surface area contributed by atoms with E-state index in [2.05, 4.69) is 36.9 Å². The molecule has 0 aromatic heterocycles. The largest absolute Gasteiger partial charge is 0.316 e. The Bertz CT molecular complexity index is 194. The van der Waals surface area contributed by atoms with Crippen LogP contribution in [0.1, 0.15) is 46.5 Å². The number of rotatable bonds is 11. The molecule has 0 aliphatic carbocycles. The van der Waals surface area contributed by atoms with E-state index in [1.807, 2.05) is 0 Å². The van der Waals surface area contributed by atoms with Gasteiger partial charge in [-0.2, -0.15) is 0 Å². The fraction of sp³-hybridized carbons (Fsp3) is 0.867. The van der Waals surface area contributed by atoms with Crippen LogP contribution in [0.3, 0.4) is 0 Å². The molecule has 0 aromatic rings. The van der Waals surface area contributed by atoms with E-state index in [1.165, 1.54) is 32.2 Å². The second-order valence-electron chi connectivity index (χ2n) is 5.09. The molecular formula is C15H30N2. The minimum atomic E-state index is 0.761. The van der Waals surface area contributed by atoms with Crippen molar-refractivity contribution < 1.29 is 0 Å². The Morgan fingerprint density at radius 1 is 1.18 bits per heavy atom. The lowest BCUT2D eigenvalue weighted by molar-refractivity contribution is 0.314. The molecule has 2 heteroatoms. The van der Waals surface area contributed by atoms with E-state index in [4.69, 9.17) is 6.42 Å². The van der Waals surface area contributed by atoms with Crippen molar-refractivity contribution in [2.45, 2.75) is 46.5 Å². The first-order valence-electron chi connectivity index (χ1n) is 7.07. The van der Waals surface area contributed by atoms with Crippen molar-refractivity contribution in [2.24, 2.45) is 5.92 Å². The van der Waals surface area contributed by atoms with Crippen molar-refractivity contribution in [1.29, 1.82) is 0 Å². The average Bonchev–Trinajstić information content (AvgIpc) is 2.30. The van der Waals surface area contributed by atoms with Crippen LogP contribution >= 0.6 is 0 Å². The quantitative estimate of drug-likeness (QED) is 0.440. The minimum absolute atomic E-state index is 0.761. The van der Waals surface area contributed by atoms with Crippen LogP contribution in [0.4, 0.5) is 0 Å². The lowest BCUT2D eigenvalue weighted by Gasteiger charge is -2.16. The Labute approximate surface area is 108 Å². The average molecular weight is 238 g/mol. The smallest absolute Gasteiger partial charge is 0.0598 e. The van der Waals surface area contributed by atoms with Gasteiger partial charge in [0.05, 0.1) is 6.54 Å². The van der Waals surface area contributed by atoms with Gasteiger partial charge in [0.15, 0.2) is 0 Å². The molecule has 0 unspecified atom stereocenters. The predicted octanol–water partition coefficient (Wildman–Crippen LogP) is 2.75. The summed E-state index contributed by atoms with van der Waals surface area (Å²) in [5.41, 5.74) is 0. The number of nitrogens with zero attached hydrogens (tertiary/aromatic N) is 1. The van der Waals surface area contributed by atoms with E-state index >= 15 is 0 Å². The minimum Gasteiger partial charge on any atom is -0.316 e. The zero-order valence-corrected chi connectivity index (χ0v) is 12.0. The fourth-order valence-corrected chi connectivity index (χ4v) is 1.81. The molecule has 0 aliphatic heterocycles. The number of terminal acetylenes is 1. The van der Waals surface area contributed by atoms with Crippen LogP contribution in [0.5, 0.6) is 0 Å². The molecule has 0 aromatic carbocycles. The molecule has 0 bridgehead atoms. The van der Waals surface area contributed by atoms with Crippen molar-refractivity contribution in [3.05, 3.63) is 0 Å². The highest BCUT2D eigenvalue weighted by atomic mass is 15.1. The van der Waals surface area contributed by atoms with E-state index in [9.17, 15) is 0 Å². The topological polar surface area (TPSA) is 15.3 Å². The van der Waals surface area contributed by atoms with Gasteiger partial charge < -0.3 is 5.32 Å². The maximum atomic E-state index is 5.31. The Balaban J connectivity index is 3.20.